The van der Waals surface area contributed by atoms with Crippen LogP contribution in [0.5, 0.6) is 5.75 Å². The Balaban J connectivity index is 0.828. The number of Topliss-reactive ketones (excluding diaryl/α,β-unsaturated/α-hetero) is 1. The lowest BCUT2D eigenvalue weighted by molar-refractivity contribution is -0.136. The fraction of sp³-hybridized carbons (Fsp3) is 0.262. The van der Waals surface area contributed by atoms with E-state index in [-0.39, 0.29) is 60.6 Å². The highest BCUT2D eigenvalue weighted by molar-refractivity contribution is 6.32. The highest BCUT2D eigenvalue weighted by Crippen LogP contribution is 2.47. The minimum absolute atomic E-state index is 0.0299. The number of carbonyl (C=O) groups is 6. The second kappa shape index (κ2) is 14.1. The van der Waals surface area contributed by atoms with Crippen LogP contribution in [0, 0.1) is 11.3 Å². The Hall–Kier alpha value is -6.36. The molecule has 14 heteroatoms. The van der Waals surface area contributed by atoms with E-state index in [0.717, 1.165) is 33.0 Å². The van der Waals surface area contributed by atoms with Gasteiger partial charge in [0.05, 0.1) is 45.0 Å². The number of benzene rings is 4. The number of rotatable bonds is 10. The number of nitrogens with zero attached hydrogens (tertiary/aromatic N) is 4. The van der Waals surface area contributed by atoms with Crippen molar-refractivity contribution < 1.29 is 33.5 Å². The molecule has 4 heterocycles. The number of anilines is 3. The zero-order chi connectivity index (χ0) is 39.5. The monoisotopic (exact) mass is 770 g/mol. The van der Waals surface area contributed by atoms with Gasteiger partial charge in [-0.25, -0.2) is 0 Å². The molecule has 0 spiro atoms. The summed E-state index contributed by atoms with van der Waals surface area (Å²) in [5, 5.41) is 15.0. The van der Waals surface area contributed by atoms with Gasteiger partial charge in [-0.15, -0.1) is 0 Å². The Morgan fingerprint density at radius 2 is 1.62 bits per heavy atom. The number of hydrogen-bond donors (Lipinski definition) is 2. The first-order valence-corrected chi connectivity index (χ1v) is 18.5. The third-order valence-electron chi connectivity index (χ3n) is 10.8. The van der Waals surface area contributed by atoms with Crippen LogP contribution in [0.1, 0.15) is 58.5 Å². The second-order valence-electron chi connectivity index (χ2n) is 14.8. The number of halogens is 1. The van der Waals surface area contributed by atoms with E-state index in [2.05, 4.69) is 51.9 Å². The Morgan fingerprint density at radius 1 is 0.911 bits per heavy atom. The van der Waals surface area contributed by atoms with Crippen LogP contribution in [0.3, 0.4) is 0 Å². The van der Waals surface area contributed by atoms with Crippen molar-refractivity contribution in [2.45, 2.75) is 44.2 Å². The molecule has 0 saturated carbocycles. The lowest BCUT2D eigenvalue weighted by Crippen LogP contribution is -2.59. The number of amides is 5. The summed E-state index contributed by atoms with van der Waals surface area (Å²) < 4.78 is 5.65. The van der Waals surface area contributed by atoms with Gasteiger partial charge >= 0.3 is 0 Å². The van der Waals surface area contributed by atoms with Crippen LogP contribution in [0.25, 0.3) is 11.1 Å². The average Bonchev–Trinajstić information content (AvgIpc) is 3.53. The number of hydrogen-bond acceptors (Lipinski definition) is 10. The first-order chi connectivity index (χ1) is 26.8. The number of imide groups is 2. The van der Waals surface area contributed by atoms with Crippen LogP contribution in [0.4, 0.5) is 17.1 Å². The number of carbonyl (C=O) groups excluding carboxylic acids is 6. The summed E-state index contributed by atoms with van der Waals surface area (Å²) in [4.78, 5) is 80.9. The highest BCUT2D eigenvalue weighted by atomic mass is 35.5. The van der Waals surface area contributed by atoms with Gasteiger partial charge in [0.15, 0.2) is 5.78 Å². The van der Waals surface area contributed by atoms with Crippen LogP contribution in [-0.2, 0) is 24.6 Å². The van der Waals surface area contributed by atoms with Crippen LogP contribution in [0.15, 0.2) is 78.9 Å². The molecule has 13 nitrogen and oxygen atoms in total. The maximum Gasteiger partial charge on any atom is 0.262 e. The molecule has 5 amide bonds. The zero-order valence-corrected chi connectivity index (χ0v) is 31.2. The molecule has 4 aliphatic heterocycles. The van der Waals surface area contributed by atoms with Crippen LogP contribution < -0.4 is 25.2 Å². The standard InChI is InChI=1S/C42H35ClN6O7/c1-42(2)33-15-24(6-12-35(33)48(41(42)55)28-9-5-25(18-44)34(43)16-28)23-3-7-27(8-4-23)47-20-26(21-47)45-19-29(50)22-56-30-10-11-31-32(17-30)40(54)49(39(31)53)36-13-14-37(51)46-38(36)52/h3-12,15-17,26,36,45H,13-14,19-22H2,1-2H3,(H,46,51,52). The SMILES string of the molecule is CC1(C)C(=O)N(c2ccc(C#N)c(Cl)c2)c2ccc(-c3ccc(N4CC(NCC(=O)COc5ccc6c(c5)C(=O)N(C5CCC(=O)NC5=O)C6=O)C4)cc3)cc21. The predicted molar refractivity (Wildman–Crippen MR) is 206 cm³/mol. The minimum atomic E-state index is -1.06. The summed E-state index contributed by atoms with van der Waals surface area (Å²) in [6.45, 7) is 5.09. The van der Waals surface area contributed by atoms with Crippen molar-refractivity contribution in [3.63, 3.8) is 0 Å². The zero-order valence-electron chi connectivity index (χ0n) is 30.4. The first-order valence-electron chi connectivity index (χ1n) is 18.1. The van der Waals surface area contributed by atoms with Gasteiger partial charge < -0.3 is 15.0 Å². The molecule has 2 N–H and O–H groups in total. The molecule has 8 rings (SSSR count). The highest BCUT2D eigenvalue weighted by Gasteiger charge is 2.46. The number of ketones is 1. The third-order valence-corrected chi connectivity index (χ3v) is 11.1. The summed E-state index contributed by atoms with van der Waals surface area (Å²) in [6.07, 6.45) is 0.0913. The number of nitrogens with one attached hydrogen (secondary N) is 2. The topological polar surface area (TPSA) is 169 Å². The van der Waals surface area contributed by atoms with Crippen molar-refractivity contribution in [2.75, 3.05) is 36.0 Å². The van der Waals surface area contributed by atoms with E-state index >= 15 is 0 Å². The molecule has 282 valence electrons. The van der Waals surface area contributed by atoms with Gasteiger partial charge in [-0.05, 0) is 97.6 Å². The smallest absolute Gasteiger partial charge is 0.262 e. The van der Waals surface area contributed by atoms with Gasteiger partial charge in [0.2, 0.25) is 17.7 Å². The van der Waals surface area contributed by atoms with Crippen molar-refractivity contribution in [2.24, 2.45) is 0 Å². The van der Waals surface area contributed by atoms with E-state index < -0.39 is 35.1 Å². The molecule has 1 atom stereocenters. The Labute approximate surface area is 326 Å². The van der Waals surface area contributed by atoms with Gasteiger partial charge in [-0.1, -0.05) is 29.8 Å². The molecule has 4 aliphatic rings. The minimum Gasteiger partial charge on any atom is -0.486 e. The molecule has 0 radical (unpaired) electrons. The van der Waals surface area contributed by atoms with E-state index in [1.807, 2.05) is 26.0 Å². The van der Waals surface area contributed by atoms with E-state index in [1.165, 1.54) is 18.2 Å². The Bertz CT molecular complexity index is 2420. The molecular weight excluding hydrogens is 736 g/mol. The van der Waals surface area contributed by atoms with E-state index in [1.54, 1.807) is 23.1 Å². The molecule has 0 aromatic heterocycles. The normalized spacial score (nSPS) is 18.7. The van der Waals surface area contributed by atoms with Gasteiger partial charge in [0.25, 0.3) is 11.8 Å². The maximum atomic E-state index is 13.6. The van der Waals surface area contributed by atoms with Gasteiger partial charge in [-0.2, -0.15) is 5.26 Å². The van der Waals surface area contributed by atoms with Gasteiger partial charge in [0, 0.05) is 31.2 Å². The molecule has 0 bridgehead atoms. The average molecular weight is 771 g/mol. The molecule has 56 heavy (non-hydrogen) atoms. The molecule has 1 unspecified atom stereocenters. The fourth-order valence-electron chi connectivity index (χ4n) is 7.60. The molecular formula is C42H35ClN6O7. The number of nitriles is 1. The van der Waals surface area contributed by atoms with Crippen LogP contribution in [-0.4, -0.2) is 78.5 Å². The van der Waals surface area contributed by atoms with Gasteiger partial charge in [0.1, 0.15) is 24.5 Å². The number of ether oxygens (including phenoxy) is 1. The molecule has 4 aromatic carbocycles. The van der Waals surface area contributed by atoms with Crippen molar-refractivity contribution in [1.82, 2.24) is 15.5 Å². The summed E-state index contributed by atoms with van der Waals surface area (Å²) in [5.41, 5.74) is 5.11. The van der Waals surface area contributed by atoms with E-state index in [9.17, 15) is 34.0 Å². The summed E-state index contributed by atoms with van der Waals surface area (Å²) in [7, 11) is 0. The van der Waals surface area contributed by atoms with E-state index in [0.29, 0.717) is 29.4 Å². The third kappa shape index (κ3) is 6.36. The molecule has 4 aromatic rings. The second-order valence-corrected chi connectivity index (χ2v) is 15.2. The van der Waals surface area contributed by atoms with Crippen molar-refractivity contribution in [3.8, 4) is 22.9 Å². The number of fused-ring (bicyclic) bond motifs is 2. The fourth-order valence-corrected chi connectivity index (χ4v) is 7.82. The van der Waals surface area contributed by atoms with Crippen molar-refractivity contribution in [1.29, 1.82) is 5.26 Å². The van der Waals surface area contributed by atoms with E-state index in [4.69, 9.17) is 16.3 Å². The Kier molecular flexibility index (Phi) is 9.18. The summed E-state index contributed by atoms with van der Waals surface area (Å²) >= 11 is 6.31. The van der Waals surface area contributed by atoms with Crippen molar-refractivity contribution >= 4 is 64.0 Å². The Morgan fingerprint density at radius 3 is 2.34 bits per heavy atom. The quantitative estimate of drug-likeness (QED) is 0.216. The molecule has 2 fully saturated rings. The summed E-state index contributed by atoms with van der Waals surface area (Å²) in [6, 6.07) is 24.6. The van der Waals surface area contributed by atoms with Crippen LogP contribution in [0.2, 0.25) is 5.02 Å². The number of piperidine rings is 1. The van der Waals surface area contributed by atoms with Crippen LogP contribution >= 0.6 is 11.6 Å². The summed E-state index contributed by atoms with van der Waals surface area (Å²) in [5.74, 6) is -2.41. The molecule has 2 saturated heterocycles. The van der Waals surface area contributed by atoms with Gasteiger partial charge in [-0.3, -0.25) is 43.9 Å². The lowest BCUT2D eigenvalue weighted by Gasteiger charge is -2.41. The lowest BCUT2D eigenvalue weighted by atomic mass is 9.84. The maximum absolute atomic E-state index is 13.6. The first kappa shape index (κ1) is 36.6. The molecule has 0 aliphatic carbocycles. The predicted octanol–water partition coefficient (Wildman–Crippen LogP) is 4.66. The van der Waals surface area contributed by atoms with Crippen molar-refractivity contribution in [3.05, 3.63) is 106 Å². The largest absolute Gasteiger partial charge is 0.486 e.